The van der Waals surface area contributed by atoms with Crippen LogP contribution in [0.1, 0.15) is 25.7 Å². The lowest BCUT2D eigenvalue weighted by atomic mass is 9.86. The van der Waals surface area contributed by atoms with E-state index in [0.29, 0.717) is 30.2 Å². The van der Waals surface area contributed by atoms with Gasteiger partial charge < -0.3 is 15.2 Å². The lowest BCUT2D eigenvalue weighted by Crippen LogP contribution is -2.40. The molecule has 0 heterocycles. The molecule has 0 unspecified atom stereocenters. The summed E-state index contributed by atoms with van der Waals surface area (Å²) in [7, 11) is 0. The molecule has 1 amide bonds. The van der Waals surface area contributed by atoms with Gasteiger partial charge in [-0.3, -0.25) is 9.59 Å². The maximum absolute atomic E-state index is 13.5. The Kier molecular flexibility index (Phi) is 5.76. The van der Waals surface area contributed by atoms with Crippen LogP contribution in [0.3, 0.4) is 0 Å². The number of aliphatic carboxylic acids is 1. The van der Waals surface area contributed by atoms with Gasteiger partial charge in [-0.1, -0.05) is 15.9 Å². The third-order valence-corrected chi connectivity index (χ3v) is 4.19. The summed E-state index contributed by atoms with van der Waals surface area (Å²) in [5, 5.41) is 11.7. The normalized spacial score (nSPS) is 21.2. The number of halogens is 2. The number of ether oxygens (including phenoxy) is 1. The molecule has 120 valence electrons. The predicted octanol–water partition coefficient (Wildman–Crippen LogP) is 2.73. The molecule has 0 saturated heterocycles. The largest absolute Gasteiger partial charge is 0.481 e. The Bertz CT molecular complexity index is 558. The van der Waals surface area contributed by atoms with Gasteiger partial charge in [-0.25, -0.2) is 4.39 Å². The third kappa shape index (κ3) is 4.69. The Morgan fingerprint density at radius 3 is 2.59 bits per heavy atom. The summed E-state index contributed by atoms with van der Waals surface area (Å²) in [6, 6.07) is 4.30. The monoisotopic (exact) mass is 373 g/mol. The van der Waals surface area contributed by atoms with Crippen molar-refractivity contribution < 1.29 is 23.8 Å². The molecule has 1 aromatic carbocycles. The molecular weight excluding hydrogens is 357 g/mol. The zero-order valence-corrected chi connectivity index (χ0v) is 13.4. The minimum absolute atomic E-state index is 0.0212. The van der Waals surface area contributed by atoms with Crippen molar-refractivity contribution in [3.8, 4) is 5.75 Å². The fourth-order valence-corrected chi connectivity index (χ4v) is 2.82. The fourth-order valence-electron chi connectivity index (χ4n) is 2.49. The van der Waals surface area contributed by atoms with E-state index in [-0.39, 0.29) is 30.2 Å². The van der Waals surface area contributed by atoms with E-state index < -0.39 is 11.8 Å². The molecule has 1 aromatic rings. The molecule has 1 saturated carbocycles. The van der Waals surface area contributed by atoms with Gasteiger partial charge in [-0.15, -0.1) is 0 Å². The number of carbonyl (C=O) groups is 2. The molecule has 0 radical (unpaired) electrons. The third-order valence-electron chi connectivity index (χ3n) is 3.69. The van der Waals surface area contributed by atoms with E-state index in [0.717, 1.165) is 0 Å². The van der Waals surface area contributed by atoms with Crippen LogP contribution in [0.4, 0.5) is 4.39 Å². The number of rotatable bonds is 5. The second-order valence-corrected chi connectivity index (χ2v) is 6.23. The Balaban J connectivity index is 1.75. The minimum atomic E-state index is -0.779. The number of hydrogen-bond donors (Lipinski definition) is 2. The Morgan fingerprint density at radius 1 is 1.32 bits per heavy atom. The summed E-state index contributed by atoms with van der Waals surface area (Å²) in [6.45, 7) is -0.266. The standard InChI is InChI=1S/C15H17BrFNO4/c16-10-3-6-13(12(17)7-10)22-8-14(19)18-11-4-1-9(2-5-11)15(20)21/h3,6-7,9,11H,1-2,4-5,8H2,(H,18,19)(H,20,21). The highest BCUT2D eigenvalue weighted by atomic mass is 79.9. The van der Waals surface area contributed by atoms with Crippen LogP contribution in [0, 0.1) is 11.7 Å². The van der Waals surface area contributed by atoms with Crippen molar-refractivity contribution in [1.82, 2.24) is 5.32 Å². The van der Waals surface area contributed by atoms with Crippen LogP contribution in [-0.4, -0.2) is 29.6 Å². The smallest absolute Gasteiger partial charge is 0.306 e. The van der Waals surface area contributed by atoms with Gasteiger partial charge in [0.2, 0.25) is 0 Å². The van der Waals surface area contributed by atoms with Crippen molar-refractivity contribution in [1.29, 1.82) is 0 Å². The molecule has 0 bridgehead atoms. The van der Waals surface area contributed by atoms with E-state index in [4.69, 9.17) is 9.84 Å². The molecule has 5 nitrogen and oxygen atoms in total. The number of nitrogens with one attached hydrogen (secondary N) is 1. The number of benzene rings is 1. The molecule has 0 atom stereocenters. The molecule has 2 rings (SSSR count). The predicted molar refractivity (Wildman–Crippen MR) is 81.1 cm³/mol. The average molecular weight is 374 g/mol. The Morgan fingerprint density at radius 2 is 2.00 bits per heavy atom. The minimum Gasteiger partial charge on any atom is -0.481 e. The van der Waals surface area contributed by atoms with Crippen LogP contribution in [0.5, 0.6) is 5.75 Å². The second kappa shape index (κ2) is 7.58. The zero-order chi connectivity index (χ0) is 16.1. The summed E-state index contributed by atoms with van der Waals surface area (Å²) in [4.78, 5) is 22.6. The van der Waals surface area contributed by atoms with E-state index in [9.17, 15) is 14.0 Å². The molecule has 1 aliphatic rings. The molecule has 1 fully saturated rings. The van der Waals surface area contributed by atoms with E-state index in [1.54, 1.807) is 6.07 Å². The highest BCUT2D eigenvalue weighted by Gasteiger charge is 2.26. The van der Waals surface area contributed by atoms with Crippen LogP contribution < -0.4 is 10.1 Å². The molecule has 0 aliphatic heterocycles. The summed E-state index contributed by atoms with van der Waals surface area (Å²) >= 11 is 3.14. The van der Waals surface area contributed by atoms with Gasteiger partial charge in [0.1, 0.15) is 0 Å². The number of carboxylic acid groups (broad SMARTS) is 1. The van der Waals surface area contributed by atoms with Crippen molar-refractivity contribution in [3.05, 3.63) is 28.5 Å². The second-order valence-electron chi connectivity index (χ2n) is 5.32. The maximum atomic E-state index is 13.5. The number of carbonyl (C=O) groups excluding carboxylic acids is 1. The summed E-state index contributed by atoms with van der Waals surface area (Å²) in [5.41, 5.74) is 0. The van der Waals surface area contributed by atoms with Crippen molar-refractivity contribution in [2.24, 2.45) is 5.92 Å². The number of carboxylic acids is 1. The van der Waals surface area contributed by atoms with Gasteiger partial charge in [-0.2, -0.15) is 0 Å². The molecule has 22 heavy (non-hydrogen) atoms. The molecule has 0 aromatic heterocycles. The topological polar surface area (TPSA) is 75.6 Å². The van der Waals surface area contributed by atoms with Gasteiger partial charge in [0, 0.05) is 10.5 Å². The van der Waals surface area contributed by atoms with Crippen molar-refractivity contribution in [2.75, 3.05) is 6.61 Å². The first kappa shape index (κ1) is 16.7. The van der Waals surface area contributed by atoms with Gasteiger partial charge in [0.05, 0.1) is 5.92 Å². The van der Waals surface area contributed by atoms with Gasteiger partial charge >= 0.3 is 5.97 Å². The average Bonchev–Trinajstić information content (AvgIpc) is 2.47. The van der Waals surface area contributed by atoms with Crippen molar-refractivity contribution in [2.45, 2.75) is 31.7 Å². The Labute approximate surface area is 136 Å². The lowest BCUT2D eigenvalue weighted by molar-refractivity contribution is -0.142. The quantitative estimate of drug-likeness (QED) is 0.831. The Hall–Kier alpha value is -1.63. The first-order valence-electron chi connectivity index (χ1n) is 7.05. The highest BCUT2D eigenvalue weighted by molar-refractivity contribution is 9.10. The van der Waals surface area contributed by atoms with E-state index in [1.807, 2.05) is 0 Å². The summed E-state index contributed by atoms with van der Waals surface area (Å²) < 4.78 is 19.3. The lowest BCUT2D eigenvalue weighted by Gasteiger charge is -2.26. The first-order chi connectivity index (χ1) is 10.5. The molecule has 1 aliphatic carbocycles. The SMILES string of the molecule is O=C(COc1ccc(Br)cc1F)NC1CCC(C(=O)O)CC1. The van der Waals surface area contributed by atoms with Crippen molar-refractivity contribution in [3.63, 3.8) is 0 Å². The van der Waals surface area contributed by atoms with Crippen LogP contribution in [-0.2, 0) is 9.59 Å². The number of amides is 1. The molecule has 7 heteroatoms. The van der Waals surface area contributed by atoms with E-state index in [1.165, 1.54) is 12.1 Å². The summed E-state index contributed by atoms with van der Waals surface area (Å²) in [6.07, 6.45) is 2.38. The number of hydrogen-bond acceptors (Lipinski definition) is 3. The van der Waals surface area contributed by atoms with E-state index in [2.05, 4.69) is 21.2 Å². The van der Waals surface area contributed by atoms with Crippen LogP contribution in [0.25, 0.3) is 0 Å². The fraction of sp³-hybridized carbons (Fsp3) is 0.467. The first-order valence-corrected chi connectivity index (χ1v) is 7.85. The van der Waals surface area contributed by atoms with Crippen LogP contribution in [0.2, 0.25) is 0 Å². The van der Waals surface area contributed by atoms with Crippen molar-refractivity contribution >= 4 is 27.8 Å². The zero-order valence-electron chi connectivity index (χ0n) is 11.9. The van der Waals surface area contributed by atoms with Gasteiger partial charge in [0.25, 0.3) is 5.91 Å². The molecule has 2 N–H and O–H groups in total. The summed E-state index contributed by atoms with van der Waals surface area (Å²) in [5.74, 6) is -1.95. The van der Waals surface area contributed by atoms with Crippen LogP contribution in [0.15, 0.2) is 22.7 Å². The van der Waals surface area contributed by atoms with E-state index >= 15 is 0 Å². The molecular formula is C15H17BrFNO4. The van der Waals surface area contributed by atoms with Gasteiger partial charge in [0.15, 0.2) is 18.2 Å². The van der Waals surface area contributed by atoms with Crippen LogP contribution >= 0.6 is 15.9 Å². The van der Waals surface area contributed by atoms with Gasteiger partial charge in [-0.05, 0) is 43.9 Å². The molecule has 0 spiro atoms. The highest BCUT2D eigenvalue weighted by Crippen LogP contribution is 2.24. The maximum Gasteiger partial charge on any atom is 0.306 e.